The van der Waals surface area contributed by atoms with Gasteiger partial charge in [0.25, 0.3) is 0 Å². The van der Waals surface area contributed by atoms with Crippen molar-refractivity contribution in [3.63, 3.8) is 0 Å². The predicted molar refractivity (Wildman–Crippen MR) is 60.3 cm³/mol. The fraction of sp³-hybridized carbons (Fsp3) is 1.00. The highest BCUT2D eigenvalue weighted by molar-refractivity contribution is 4.80. The number of rotatable bonds is 0. The molecule has 2 heterocycles. The Balaban J connectivity index is 1.97. The van der Waals surface area contributed by atoms with Crippen molar-refractivity contribution in [3.05, 3.63) is 0 Å². The standard InChI is InChI=1S/C12H24N2/c1-11-7-4-2-3-5-8-12-13-9-6-10-14(11)12/h11-13H,2-10H2,1H3. The lowest BCUT2D eigenvalue weighted by atomic mass is 10.1. The normalized spacial score (nSPS) is 36.6. The fourth-order valence-electron chi connectivity index (χ4n) is 2.90. The zero-order valence-corrected chi connectivity index (χ0v) is 9.47. The summed E-state index contributed by atoms with van der Waals surface area (Å²) in [6.07, 6.45) is 10.5. The fourth-order valence-corrected chi connectivity index (χ4v) is 2.90. The van der Waals surface area contributed by atoms with Crippen LogP contribution in [0, 0.1) is 0 Å². The zero-order valence-electron chi connectivity index (χ0n) is 9.47. The second kappa shape index (κ2) is 5.13. The van der Waals surface area contributed by atoms with Gasteiger partial charge in [0.1, 0.15) is 0 Å². The SMILES string of the molecule is CC1CCCCCCC2NCCCN12. The Morgan fingerprint density at radius 3 is 2.64 bits per heavy atom. The van der Waals surface area contributed by atoms with Gasteiger partial charge in [-0.15, -0.1) is 0 Å². The van der Waals surface area contributed by atoms with Gasteiger partial charge in [-0.3, -0.25) is 4.90 Å². The molecule has 0 bridgehead atoms. The van der Waals surface area contributed by atoms with Crippen LogP contribution in [0.3, 0.4) is 0 Å². The highest BCUT2D eigenvalue weighted by Gasteiger charge is 2.25. The summed E-state index contributed by atoms with van der Waals surface area (Å²) in [7, 11) is 0. The molecule has 2 heteroatoms. The Labute approximate surface area is 88.1 Å². The van der Waals surface area contributed by atoms with Crippen LogP contribution in [0.1, 0.15) is 51.9 Å². The van der Waals surface area contributed by atoms with Gasteiger partial charge >= 0.3 is 0 Å². The molecule has 2 atom stereocenters. The summed E-state index contributed by atoms with van der Waals surface area (Å²) in [5.74, 6) is 0. The summed E-state index contributed by atoms with van der Waals surface area (Å²) in [6, 6.07) is 0.797. The first-order chi connectivity index (χ1) is 6.88. The molecule has 82 valence electrons. The van der Waals surface area contributed by atoms with E-state index in [1.807, 2.05) is 0 Å². The molecule has 2 nitrogen and oxygen atoms in total. The van der Waals surface area contributed by atoms with Crippen LogP contribution >= 0.6 is 0 Å². The molecule has 14 heavy (non-hydrogen) atoms. The maximum Gasteiger partial charge on any atom is 0.0599 e. The largest absolute Gasteiger partial charge is 0.302 e. The number of fused-ring (bicyclic) bond motifs is 1. The minimum Gasteiger partial charge on any atom is -0.302 e. The Morgan fingerprint density at radius 1 is 1.00 bits per heavy atom. The van der Waals surface area contributed by atoms with Gasteiger partial charge in [0.05, 0.1) is 6.17 Å². The highest BCUT2D eigenvalue weighted by Crippen LogP contribution is 2.21. The molecule has 2 fully saturated rings. The van der Waals surface area contributed by atoms with Crippen LogP contribution in [0.25, 0.3) is 0 Å². The molecule has 1 N–H and O–H groups in total. The number of hydrogen-bond acceptors (Lipinski definition) is 2. The van der Waals surface area contributed by atoms with E-state index < -0.39 is 0 Å². The lowest BCUT2D eigenvalue weighted by Crippen LogP contribution is -2.54. The second-order valence-corrected chi connectivity index (χ2v) is 4.90. The molecule has 0 aromatic carbocycles. The van der Waals surface area contributed by atoms with Crippen molar-refractivity contribution in [1.82, 2.24) is 10.2 Å². The molecule has 0 saturated carbocycles. The maximum atomic E-state index is 3.67. The van der Waals surface area contributed by atoms with E-state index in [9.17, 15) is 0 Å². The summed E-state index contributed by atoms with van der Waals surface area (Å²) in [5.41, 5.74) is 0. The van der Waals surface area contributed by atoms with Crippen molar-refractivity contribution >= 4 is 0 Å². The molecule has 0 amide bonds. The van der Waals surface area contributed by atoms with E-state index in [-0.39, 0.29) is 0 Å². The molecule has 0 spiro atoms. The lowest BCUT2D eigenvalue weighted by Gasteiger charge is -2.40. The Morgan fingerprint density at radius 2 is 1.79 bits per heavy atom. The van der Waals surface area contributed by atoms with Crippen molar-refractivity contribution in [3.8, 4) is 0 Å². The van der Waals surface area contributed by atoms with Gasteiger partial charge in [0, 0.05) is 12.6 Å². The molecule has 0 radical (unpaired) electrons. The van der Waals surface area contributed by atoms with Crippen LogP contribution in [0.4, 0.5) is 0 Å². The van der Waals surface area contributed by atoms with Gasteiger partial charge in [0.2, 0.25) is 0 Å². The summed E-state index contributed by atoms with van der Waals surface area (Å²) >= 11 is 0. The van der Waals surface area contributed by atoms with E-state index in [0.717, 1.165) is 6.04 Å². The molecule has 2 aliphatic rings. The molecule has 2 unspecified atom stereocenters. The quantitative estimate of drug-likeness (QED) is 0.640. The molecule has 0 aromatic heterocycles. The third-order valence-corrected chi connectivity index (χ3v) is 3.79. The molecule has 2 rings (SSSR count). The van der Waals surface area contributed by atoms with E-state index in [1.165, 1.54) is 58.0 Å². The minimum atomic E-state index is 0.692. The lowest BCUT2D eigenvalue weighted by molar-refractivity contribution is 0.0793. The third-order valence-electron chi connectivity index (χ3n) is 3.79. The smallest absolute Gasteiger partial charge is 0.0599 e. The first-order valence-corrected chi connectivity index (χ1v) is 6.37. The van der Waals surface area contributed by atoms with E-state index >= 15 is 0 Å². The predicted octanol–water partition coefficient (Wildman–Crippen LogP) is 2.35. The first-order valence-electron chi connectivity index (χ1n) is 6.37. The molecule has 0 aliphatic carbocycles. The minimum absolute atomic E-state index is 0.692. The van der Waals surface area contributed by atoms with E-state index in [1.54, 1.807) is 0 Å². The van der Waals surface area contributed by atoms with Crippen molar-refractivity contribution in [2.24, 2.45) is 0 Å². The summed E-state index contributed by atoms with van der Waals surface area (Å²) in [4.78, 5) is 2.70. The van der Waals surface area contributed by atoms with E-state index in [4.69, 9.17) is 0 Å². The Bertz CT molecular complexity index is 170. The van der Waals surface area contributed by atoms with Gasteiger partial charge in [-0.1, -0.05) is 25.7 Å². The molecule has 2 saturated heterocycles. The van der Waals surface area contributed by atoms with Crippen molar-refractivity contribution in [2.45, 2.75) is 64.1 Å². The summed E-state index contributed by atoms with van der Waals surface area (Å²) in [6.45, 7) is 4.96. The Kier molecular flexibility index (Phi) is 3.82. The molecule has 2 aliphatic heterocycles. The van der Waals surface area contributed by atoms with Crippen LogP contribution in [0.2, 0.25) is 0 Å². The molecular weight excluding hydrogens is 172 g/mol. The highest BCUT2D eigenvalue weighted by atomic mass is 15.3. The number of nitrogens with zero attached hydrogens (tertiary/aromatic N) is 1. The molecule has 0 aromatic rings. The monoisotopic (exact) mass is 196 g/mol. The third kappa shape index (κ3) is 2.48. The maximum absolute atomic E-state index is 3.67. The number of hydrogen-bond donors (Lipinski definition) is 1. The zero-order chi connectivity index (χ0) is 9.80. The average molecular weight is 196 g/mol. The van der Waals surface area contributed by atoms with E-state index in [0.29, 0.717) is 6.17 Å². The van der Waals surface area contributed by atoms with Crippen LogP contribution in [0.5, 0.6) is 0 Å². The Hall–Kier alpha value is -0.0800. The van der Waals surface area contributed by atoms with Gasteiger partial charge in [-0.25, -0.2) is 0 Å². The van der Waals surface area contributed by atoms with Gasteiger partial charge < -0.3 is 5.32 Å². The van der Waals surface area contributed by atoms with Crippen molar-refractivity contribution < 1.29 is 0 Å². The summed E-state index contributed by atoms with van der Waals surface area (Å²) < 4.78 is 0. The van der Waals surface area contributed by atoms with Gasteiger partial charge in [0.15, 0.2) is 0 Å². The van der Waals surface area contributed by atoms with Crippen LogP contribution in [-0.2, 0) is 0 Å². The van der Waals surface area contributed by atoms with Gasteiger partial charge in [-0.2, -0.15) is 0 Å². The molecular formula is C12H24N2. The number of nitrogens with one attached hydrogen (secondary N) is 1. The van der Waals surface area contributed by atoms with Gasteiger partial charge in [-0.05, 0) is 32.7 Å². The van der Waals surface area contributed by atoms with Crippen molar-refractivity contribution in [1.29, 1.82) is 0 Å². The summed E-state index contributed by atoms with van der Waals surface area (Å²) in [5, 5.41) is 3.67. The topological polar surface area (TPSA) is 15.3 Å². The van der Waals surface area contributed by atoms with Crippen molar-refractivity contribution in [2.75, 3.05) is 13.1 Å². The van der Waals surface area contributed by atoms with Crippen LogP contribution < -0.4 is 5.32 Å². The second-order valence-electron chi connectivity index (χ2n) is 4.90. The van der Waals surface area contributed by atoms with E-state index in [2.05, 4.69) is 17.1 Å². The average Bonchev–Trinajstić information content (AvgIpc) is 2.30. The van der Waals surface area contributed by atoms with Crippen LogP contribution in [-0.4, -0.2) is 30.2 Å². The van der Waals surface area contributed by atoms with Crippen LogP contribution in [0.15, 0.2) is 0 Å². The first kappa shape index (κ1) is 10.4.